The lowest BCUT2D eigenvalue weighted by atomic mass is 10.1. The Morgan fingerprint density at radius 2 is 2.10 bits per heavy atom. The van der Waals surface area contributed by atoms with Crippen molar-refractivity contribution in [2.45, 2.75) is 0 Å². The molecule has 0 bridgehead atoms. The molecule has 0 aliphatic rings. The maximum atomic E-state index is 12.0. The van der Waals surface area contributed by atoms with Gasteiger partial charge in [0.2, 0.25) is 0 Å². The van der Waals surface area contributed by atoms with Gasteiger partial charge in [0.05, 0.1) is 5.69 Å². The van der Waals surface area contributed by atoms with Crippen molar-refractivity contribution in [3.8, 4) is 11.8 Å². The summed E-state index contributed by atoms with van der Waals surface area (Å²) in [5, 5.41) is 17.2. The van der Waals surface area contributed by atoms with Crippen LogP contribution in [0.1, 0.15) is 16.1 Å². The number of aliphatic hydroxyl groups excluding tert-OH is 1. The number of hydrogen-bond acceptors (Lipinski definition) is 4. The number of hydrogen-bond donors (Lipinski definition) is 3. The molecule has 6 nitrogen and oxygen atoms in total. The molecule has 0 aliphatic carbocycles. The second-order valence-electron chi connectivity index (χ2n) is 3.77. The number of amides is 1. The highest BCUT2D eigenvalue weighted by molar-refractivity contribution is 6.03. The largest absolute Gasteiger partial charge is 0.384 e. The van der Waals surface area contributed by atoms with Gasteiger partial charge in [0.25, 0.3) is 11.5 Å². The van der Waals surface area contributed by atoms with E-state index in [2.05, 4.69) is 27.4 Å². The number of H-pyrrole nitrogens is 1. The molecule has 0 saturated carbocycles. The van der Waals surface area contributed by atoms with Crippen LogP contribution in [0, 0.1) is 11.8 Å². The number of rotatable bonds is 2. The topological polar surface area (TPSA) is 95.1 Å². The number of nitrogens with zero attached hydrogens (tertiary/aromatic N) is 1. The van der Waals surface area contributed by atoms with Gasteiger partial charge in [0, 0.05) is 11.6 Å². The first-order chi connectivity index (χ1) is 9.70. The zero-order valence-corrected chi connectivity index (χ0v) is 10.4. The second kappa shape index (κ2) is 6.31. The van der Waals surface area contributed by atoms with E-state index in [-0.39, 0.29) is 17.9 Å². The second-order valence-corrected chi connectivity index (χ2v) is 3.77. The lowest BCUT2D eigenvalue weighted by Gasteiger charge is -2.06. The molecule has 20 heavy (non-hydrogen) atoms. The minimum atomic E-state index is -0.459. The van der Waals surface area contributed by atoms with Crippen LogP contribution in [0.2, 0.25) is 0 Å². The fraction of sp³-hybridized carbons (Fsp3) is 0.0714. The molecule has 0 aliphatic heterocycles. The Morgan fingerprint density at radius 1 is 1.30 bits per heavy atom. The Hall–Kier alpha value is -2.91. The lowest BCUT2D eigenvalue weighted by molar-refractivity contribution is 0.102. The van der Waals surface area contributed by atoms with Crippen LogP contribution in [0.15, 0.2) is 41.2 Å². The molecule has 0 saturated heterocycles. The molecule has 2 rings (SSSR count). The summed E-state index contributed by atoms with van der Waals surface area (Å²) in [6.45, 7) is -0.260. The van der Waals surface area contributed by atoms with Crippen molar-refractivity contribution in [2.24, 2.45) is 0 Å². The van der Waals surface area contributed by atoms with Crippen LogP contribution in [0.3, 0.4) is 0 Å². The van der Waals surface area contributed by atoms with Crippen LogP contribution >= 0.6 is 0 Å². The summed E-state index contributed by atoms with van der Waals surface area (Å²) in [4.78, 5) is 22.8. The van der Waals surface area contributed by atoms with Gasteiger partial charge >= 0.3 is 0 Å². The molecule has 100 valence electrons. The van der Waals surface area contributed by atoms with E-state index in [1.807, 2.05) is 0 Å². The first-order valence-electron chi connectivity index (χ1n) is 5.76. The highest BCUT2D eigenvalue weighted by atomic mass is 16.2. The monoisotopic (exact) mass is 269 g/mol. The van der Waals surface area contributed by atoms with Gasteiger partial charge in [-0.15, -0.1) is 0 Å². The lowest BCUT2D eigenvalue weighted by Crippen LogP contribution is -2.18. The Balaban J connectivity index is 2.23. The fourth-order valence-electron chi connectivity index (χ4n) is 1.49. The van der Waals surface area contributed by atoms with Crippen LogP contribution in [0.25, 0.3) is 0 Å². The number of nitrogens with one attached hydrogen (secondary N) is 2. The molecule has 1 aromatic carbocycles. The van der Waals surface area contributed by atoms with Gasteiger partial charge in [-0.1, -0.05) is 24.0 Å². The van der Waals surface area contributed by atoms with Crippen molar-refractivity contribution in [1.82, 2.24) is 10.2 Å². The molecule has 0 spiro atoms. The van der Waals surface area contributed by atoms with Crippen LogP contribution in [0.5, 0.6) is 0 Å². The molecule has 1 heterocycles. The van der Waals surface area contributed by atoms with Crippen molar-refractivity contribution >= 4 is 11.6 Å². The molecule has 0 fully saturated rings. The number of aromatic amines is 1. The van der Waals surface area contributed by atoms with Gasteiger partial charge in [-0.2, -0.15) is 5.10 Å². The molecule has 0 atom stereocenters. The minimum absolute atomic E-state index is 0.0921. The highest BCUT2D eigenvalue weighted by Gasteiger charge is 2.09. The van der Waals surface area contributed by atoms with E-state index in [0.717, 1.165) is 0 Å². The first kappa shape index (κ1) is 13.5. The van der Waals surface area contributed by atoms with Crippen LogP contribution in [-0.2, 0) is 0 Å². The van der Waals surface area contributed by atoms with Crippen molar-refractivity contribution in [2.75, 3.05) is 11.9 Å². The summed E-state index contributed by atoms with van der Waals surface area (Å²) in [5.74, 6) is 4.79. The molecule has 6 heteroatoms. The van der Waals surface area contributed by atoms with Gasteiger partial charge in [0.1, 0.15) is 12.3 Å². The number of aliphatic hydroxyl groups is 1. The van der Waals surface area contributed by atoms with Crippen LogP contribution in [-0.4, -0.2) is 27.8 Å². The van der Waals surface area contributed by atoms with Crippen molar-refractivity contribution in [3.05, 3.63) is 58.0 Å². The molecule has 1 aromatic heterocycles. The Bertz CT molecular complexity index is 721. The van der Waals surface area contributed by atoms with Crippen LogP contribution in [0.4, 0.5) is 5.69 Å². The molecular formula is C14H11N3O3. The third-order valence-corrected chi connectivity index (χ3v) is 2.39. The number of carbonyl (C=O) groups excluding carboxylic acids is 1. The molecule has 0 radical (unpaired) electrons. The van der Waals surface area contributed by atoms with Crippen LogP contribution < -0.4 is 10.9 Å². The number of aromatic nitrogens is 2. The van der Waals surface area contributed by atoms with E-state index in [9.17, 15) is 9.59 Å². The van der Waals surface area contributed by atoms with E-state index in [0.29, 0.717) is 11.3 Å². The Labute approximate surface area is 114 Å². The summed E-state index contributed by atoms with van der Waals surface area (Å²) < 4.78 is 0. The van der Waals surface area contributed by atoms with Crippen molar-refractivity contribution in [1.29, 1.82) is 0 Å². The number of para-hydroxylation sites is 1. The van der Waals surface area contributed by atoms with E-state index in [1.54, 1.807) is 24.3 Å². The van der Waals surface area contributed by atoms with Crippen molar-refractivity contribution in [3.63, 3.8) is 0 Å². The standard InChI is InChI=1S/C14H11N3O3/c18-9-3-5-10-4-1-2-6-11(10)15-14(20)12-7-8-13(19)17-16-12/h1-2,4,6-8,18H,9H2,(H,15,20)(H,17,19). The molecule has 2 aromatic rings. The normalized spacial score (nSPS) is 9.45. The van der Waals surface area contributed by atoms with E-state index < -0.39 is 5.91 Å². The predicted octanol–water partition coefficient (Wildman–Crippen LogP) is 0.366. The molecule has 1 amide bonds. The van der Waals surface area contributed by atoms with Crippen molar-refractivity contribution < 1.29 is 9.90 Å². The Morgan fingerprint density at radius 3 is 2.80 bits per heavy atom. The molecular weight excluding hydrogens is 258 g/mol. The minimum Gasteiger partial charge on any atom is -0.384 e. The average Bonchev–Trinajstić information content (AvgIpc) is 2.47. The third-order valence-electron chi connectivity index (χ3n) is 2.39. The summed E-state index contributed by atoms with van der Waals surface area (Å²) >= 11 is 0. The Kier molecular flexibility index (Phi) is 4.27. The quantitative estimate of drug-likeness (QED) is 0.686. The van der Waals surface area contributed by atoms with E-state index >= 15 is 0 Å². The number of carbonyl (C=O) groups is 1. The zero-order chi connectivity index (χ0) is 14.4. The first-order valence-corrected chi connectivity index (χ1v) is 5.76. The smallest absolute Gasteiger partial charge is 0.276 e. The fourth-order valence-corrected chi connectivity index (χ4v) is 1.49. The van der Waals surface area contributed by atoms with Gasteiger partial charge in [-0.25, -0.2) is 5.10 Å². The molecule has 0 unspecified atom stereocenters. The van der Waals surface area contributed by atoms with Gasteiger partial charge in [-0.3, -0.25) is 9.59 Å². The van der Waals surface area contributed by atoms with Gasteiger partial charge in [0.15, 0.2) is 0 Å². The summed E-state index contributed by atoms with van der Waals surface area (Å²) in [7, 11) is 0. The summed E-state index contributed by atoms with van der Waals surface area (Å²) in [6.07, 6.45) is 0. The highest BCUT2D eigenvalue weighted by Crippen LogP contribution is 2.14. The average molecular weight is 269 g/mol. The molecule has 3 N–H and O–H groups in total. The number of anilines is 1. The van der Waals surface area contributed by atoms with Gasteiger partial charge in [-0.05, 0) is 18.2 Å². The van der Waals surface area contributed by atoms with E-state index in [4.69, 9.17) is 5.11 Å². The third kappa shape index (κ3) is 3.31. The zero-order valence-electron chi connectivity index (χ0n) is 10.4. The summed E-state index contributed by atoms with van der Waals surface area (Å²) in [5.41, 5.74) is 0.802. The summed E-state index contributed by atoms with van der Waals surface area (Å²) in [6, 6.07) is 9.48. The number of benzene rings is 1. The SMILES string of the molecule is O=C(Nc1ccccc1C#CCO)c1ccc(=O)[nH]n1. The van der Waals surface area contributed by atoms with E-state index in [1.165, 1.54) is 12.1 Å². The maximum absolute atomic E-state index is 12.0. The van der Waals surface area contributed by atoms with Gasteiger partial charge < -0.3 is 10.4 Å². The maximum Gasteiger partial charge on any atom is 0.276 e. The predicted molar refractivity (Wildman–Crippen MR) is 73.2 cm³/mol.